The summed E-state index contributed by atoms with van der Waals surface area (Å²) in [6, 6.07) is 3.02. The number of aromatic nitrogens is 3. The van der Waals surface area contributed by atoms with Crippen LogP contribution in [-0.2, 0) is 10.7 Å². The van der Waals surface area contributed by atoms with E-state index in [1.165, 1.54) is 31.7 Å². The predicted octanol–water partition coefficient (Wildman–Crippen LogP) is 5.03. The fourth-order valence-electron chi connectivity index (χ4n) is 5.39. The number of rotatable bonds is 12. The lowest BCUT2D eigenvalue weighted by atomic mass is 10.0. The fourth-order valence-corrected chi connectivity index (χ4v) is 6.86. The third-order valence-corrected chi connectivity index (χ3v) is 8.82. The van der Waals surface area contributed by atoms with Crippen molar-refractivity contribution in [1.82, 2.24) is 20.3 Å². The Morgan fingerprint density at radius 2 is 1.90 bits per heavy atom. The van der Waals surface area contributed by atoms with Gasteiger partial charge >= 0.3 is 12.1 Å². The van der Waals surface area contributed by atoms with Gasteiger partial charge in [0.1, 0.15) is 12.7 Å². The van der Waals surface area contributed by atoms with Crippen molar-refractivity contribution >= 4 is 35.3 Å². The fraction of sp³-hybridized carbons (Fsp3) is 0.519. The van der Waals surface area contributed by atoms with E-state index in [1.807, 2.05) is 0 Å². The summed E-state index contributed by atoms with van der Waals surface area (Å²) >= 11 is 0. The molecule has 9 nitrogen and oxygen atoms in total. The van der Waals surface area contributed by atoms with Gasteiger partial charge in [0.2, 0.25) is 5.95 Å². The van der Waals surface area contributed by atoms with Crippen LogP contribution in [-0.4, -0.2) is 64.5 Å². The highest BCUT2D eigenvalue weighted by Crippen LogP contribution is 2.43. The number of carbonyl (C=O) groups is 1. The van der Waals surface area contributed by atoms with Crippen molar-refractivity contribution in [2.75, 3.05) is 31.7 Å². The lowest BCUT2D eigenvalue weighted by Crippen LogP contribution is -2.29. The molecule has 1 aliphatic rings. The second-order valence-electron chi connectivity index (χ2n) is 10.7. The summed E-state index contributed by atoms with van der Waals surface area (Å²) in [4.78, 5) is 22.9. The molecule has 6 N–H and O–H groups in total. The highest BCUT2D eigenvalue weighted by atomic mass is 31.2. The zero-order valence-corrected chi connectivity index (χ0v) is 23.5. The van der Waals surface area contributed by atoms with E-state index in [4.69, 9.17) is 5.73 Å². The van der Waals surface area contributed by atoms with Gasteiger partial charge in [-0.15, -0.1) is 0 Å². The van der Waals surface area contributed by atoms with Gasteiger partial charge in [0.15, 0.2) is 0 Å². The molecule has 0 spiro atoms. The van der Waals surface area contributed by atoms with Gasteiger partial charge < -0.3 is 31.0 Å². The Bertz CT molecular complexity index is 1400. The van der Waals surface area contributed by atoms with E-state index in [1.54, 1.807) is 0 Å². The lowest BCUT2D eigenvalue weighted by molar-refractivity contribution is -0.137. The highest BCUT2D eigenvalue weighted by Gasteiger charge is 2.37. The number of fused-ring (bicyclic) bond motifs is 1. The number of nitrogens with two attached hydrogens (primary N) is 1. The van der Waals surface area contributed by atoms with E-state index >= 15 is 0 Å². The number of nitrogens with zero attached hydrogens (tertiary/aromatic N) is 2. The maximum atomic E-state index is 14.0. The minimum absolute atomic E-state index is 0.0121. The van der Waals surface area contributed by atoms with E-state index in [0.717, 1.165) is 57.7 Å². The monoisotopic (exact) mass is 580 g/mol. The van der Waals surface area contributed by atoms with Crippen molar-refractivity contribution in [1.29, 1.82) is 0 Å². The van der Waals surface area contributed by atoms with Gasteiger partial charge in [-0.2, -0.15) is 13.2 Å². The van der Waals surface area contributed by atoms with Gasteiger partial charge in [-0.05, 0) is 64.6 Å². The van der Waals surface area contributed by atoms with Gasteiger partial charge in [-0.25, -0.2) is 14.8 Å². The number of unbranched alkanes of at least 4 members (excludes halogenated alkanes) is 3. The first kappa shape index (κ1) is 30.0. The molecule has 13 heteroatoms. The van der Waals surface area contributed by atoms with Crippen LogP contribution in [0.25, 0.3) is 22.2 Å². The van der Waals surface area contributed by atoms with E-state index in [2.05, 4.69) is 25.6 Å². The summed E-state index contributed by atoms with van der Waals surface area (Å²) in [5.41, 5.74) is 4.37. The predicted molar refractivity (Wildman–Crippen MR) is 151 cm³/mol. The molecular weight excluding hydrogens is 544 g/mol. The van der Waals surface area contributed by atoms with E-state index in [-0.39, 0.29) is 39.6 Å². The quantitative estimate of drug-likeness (QED) is 0.148. The zero-order chi connectivity index (χ0) is 29.1. The summed E-state index contributed by atoms with van der Waals surface area (Å²) < 4.78 is 55.1. The van der Waals surface area contributed by atoms with Crippen LogP contribution < -0.4 is 21.7 Å². The third-order valence-electron chi connectivity index (χ3n) is 7.28. The molecule has 218 valence electrons. The molecule has 40 heavy (non-hydrogen) atoms. The molecule has 0 radical (unpaired) electrons. The van der Waals surface area contributed by atoms with Crippen LogP contribution in [0.3, 0.4) is 0 Å². The van der Waals surface area contributed by atoms with Crippen LogP contribution in [0.1, 0.15) is 60.9 Å². The average Bonchev–Trinajstić information content (AvgIpc) is 3.51. The van der Waals surface area contributed by atoms with Crippen LogP contribution in [0.5, 0.6) is 0 Å². The van der Waals surface area contributed by atoms with Crippen LogP contribution >= 0.6 is 7.14 Å². The van der Waals surface area contributed by atoms with E-state index in [0.29, 0.717) is 18.0 Å². The summed E-state index contributed by atoms with van der Waals surface area (Å²) in [6.07, 6.45) is 4.33. The molecule has 0 amide bonds. The Kier molecular flexibility index (Phi) is 9.22. The number of benzene rings is 1. The minimum Gasteiger partial charge on any atom is -0.478 e. The van der Waals surface area contributed by atoms with E-state index in [9.17, 15) is 27.6 Å². The second kappa shape index (κ2) is 12.3. The summed E-state index contributed by atoms with van der Waals surface area (Å²) in [6.45, 7) is 4.48. The van der Waals surface area contributed by atoms with Crippen LogP contribution in [0.4, 0.5) is 19.1 Å². The largest absolute Gasteiger partial charge is 0.478 e. The number of hydrogen-bond acceptors (Lipinski definition) is 7. The van der Waals surface area contributed by atoms with Crippen LogP contribution in [0, 0.1) is 0 Å². The normalized spacial score (nSPS) is 17.9. The Morgan fingerprint density at radius 3 is 2.58 bits per heavy atom. The standard InChI is InChI=1S/C27H36F3N6O3P/c1-40(2,39)24-19(25(37)38)10-9-18-20(14-33-23(18)24)22-21(27(28,29)30)15-34-26(36-22)35-17-8-7-16(13-17)32-12-6-4-3-5-11-31/h9-10,14-17,32-33H,3-8,11-13,31H2,1-2H3,(H,37,38)(H,34,35,36)/t16-,17-/m0/s1. The molecule has 1 aliphatic carbocycles. The van der Waals surface area contributed by atoms with Gasteiger partial charge in [0.25, 0.3) is 0 Å². The summed E-state index contributed by atoms with van der Waals surface area (Å²) in [7, 11) is -3.12. The number of carboxylic acid groups (broad SMARTS) is 1. The smallest absolute Gasteiger partial charge is 0.419 e. The van der Waals surface area contributed by atoms with Crippen LogP contribution in [0.2, 0.25) is 0 Å². The molecule has 4 rings (SSSR count). The van der Waals surface area contributed by atoms with Gasteiger partial charge in [-0.3, -0.25) is 0 Å². The third kappa shape index (κ3) is 6.85. The Morgan fingerprint density at radius 1 is 1.18 bits per heavy atom. The van der Waals surface area contributed by atoms with E-state index < -0.39 is 24.9 Å². The summed E-state index contributed by atoms with van der Waals surface area (Å²) in [5.74, 6) is -1.18. The maximum absolute atomic E-state index is 14.0. The Hall–Kier alpha value is -2.95. The molecule has 2 atom stereocenters. The number of H-pyrrole nitrogens is 1. The molecule has 0 saturated heterocycles. The molecule has 2 heterocycles. The molecule has 1 aromatic carbocycles. The number of carboxylic acids is 1. The first-order valence-electron chi connectivity index (χ1n) is 13.5. The number of nitrogens with one attached hydrogen (secondary N) is 3. The lowest BCUT2D eigenvalue weighted by Gasteiger charge is -2.17. The average molecular weight is 581 g/mol. The van der Waals surface area contributed by atoms with Gasteiger partial charge in [0, 0.05) is 40.7 Å². The Balaban J connectivity index is 1.59. The van der Waals surface area contributed by atoms with Crippen molar-refractivity contribution in [2.45, 2.75) is 63.2 Å². The topological polar surface area (TPSA) is 146 Å². The van der Waals surface area contributed by atoms with Crippen molar-refractivity contribution in [2.24, 2.45) is 5.73 Å². The molecule has 3 aromatic rings. The molecular formula is C27H36F3N6O3P. The van der Waals surface area contributed by atoms with Crippen molar-refractivity contribution in [3.05, 3.63) is 35.7 Å². The molecule has 2 aromatic heterocycles. The minimum atomic E-state index is -4.72. The zero-order valence-electron chi connectivity index (χ0n) is 22.6. The van der Waals surface area contributed by atoms with Crippen molar-refractivity contribution in [3.63, 3.8) is 0 Å². The first-order valence-corrected chi connectivity index (χ1v) is 16.1. The van der Waals surface area contributed by atoms with Crippen molar-refractivity contribution in [3.8, 4) is 11.3 Å². The first-order chi connectivity index (χ1) is 18.9. The van der Waals surface area contributed by atoms with Gasteiger partial charge in [0.05, 0.1) is 16.8 Å². The Labute approximate surface area is 230 Å². The SMILES string of the molecule is CP(C)(=O)c1c(C(=O)O)ccc2c(-c3nc(N[C@H]4CC[C@H](NCCCCCCN)C4)ncc3C(F)(F)F)c[nH]c12. The number of anilines is 1. The van der Waals surface area contributed by atoms with Crippen LogP contribution in [0.15, 0.2) is 24.5 Å². The number of halogens is 3. The van der Waals surface area contributed by atoms with Crippen molar-refractivity contribution < 1.29 is 27.6 Å². The molecule has 0 aliphatic heterocycles. The summed E-state index contributed by atoms with van der Waals surface area (Å²) in [5, 5.41) is 16.8. The number of hydrogen-bond donors (Lipinski definition) is 5. The molecule has 1 fully saturated rings. The number of aromatic carboxylic acids is 1. The molecule has 1 saturated carbocycles. The highest BCUT2D eigenvalue weighted by molar-refractivity contribution is 7.70. The molecule has 0 bridgehead atoms. The maximum Gasteiger partial charge on any atom is 0.419 e. The number of aromatic amines is 1. The second-order valence-corrected chi connectivity index (χ2v) is 13.9. The molecule has 0 unspecified atom stereocenters. The number of alkyl halides is 3. The van der Waals surface area contributed by atoms with Gasteiger partial charge in [-0.1, -0.05) is 18.9 Å².